The van der Waals surface area contributed by atoms with Crippen molar-refractivity contribution in [1.29, 1.82) is 0 Å². The number of amides is 1. The Labute approximate surface area is 123 Å². The molecule has 4 nitrogen and oxygen atoms in total. The molecule has 0 saturated carbocycles. The van der Waals surface area contributed by atoms with Crippen LogP contribution in [0.3, 0.4) is 0 Å². The van der Waals surface area contributed by atoms with Gasteiger partial charge >= 0.3 is 5.97 Å². The van der Waals surface area contributed by atoms with Gasteiger partial charge in [0.2, 0.25) is 0 Å². The number of fused-ring (bicyclic) bond motifs is 1. The summed E-state index contributed by atoms with van der Waals surface area (Å²) < 4.78 is 0. The van der Waals surface area contributed by atoms with Gasteiger partial charge in [-0.15, -0.1) is 11.3 Å². The molecule has 1 heterocycles. The molecule has 110 valence electrons. The van der Waals surface area contributed by atoms with Gasteiger partial charge in [0.05, 0.1) is 4.88 Å². The van der Waals surface area contributed by atoms with Crippen LogP contribution in [0.15, 0.2) is 6.07 Å². The zero-order valence-electron chi connectivity index (χ0n) is 12.2. The minimum absolute atomic E-state index is 0.272. The minimum Gasteiger partial charge on any atom is -0.480 e. The number of carbonyl (C=O) groups excluding carboxylic acids is 1. The van der Waals surface area contributed by atoms with E-state index in [9.17, 15) is 14.7 Å². The third-order valence-corrected chi connectivity index (χ3v) is 4.84. The van der Waals surface area contributed by atoms with Crippen molar-refractivity contribution in [3.05, 3.63) is 21.4 Å². The summed E-state index contributed by atoms with van der Waals surface area (Å²) in [7, 11) is 0. The monoisotopic (exact) mass is 295 g/mol. The number of hydrogen-bond acceptors (Lipinski definition) is 3. The molecule has 2 rings (SSSR count). The topological polar surface area (TPSA) is 66.4 Å². The number of hydrogen-bond donors (Lipinski definition) is 2. The summed E-state index contributed by atoms with van der Waals surface area (Å²) in [6.45, 7) is 5.43. The quantitative estimate of drug-likeness (QED) is 0.901. The molecule has 0 saturated heterocycles. The van der Waals surface area contributed by atoms with Crippen LogP contribution >= 0.6 is 11.3 Å². The number of rotatable bonds is 3. The second-order valence-electron chi connectivity index (χ2n) is 6.38. The van der Waals surface area contributed by atoms with Gasteiger partial charge < -0.3 is 10.4 Å². The number of aliphatic carboxylic acids is 1. The summed E-state index contributed by atoms with van der Waals surface area (Å²) in [6.07, 6.45) is 4.41. The van der Waals surface area contributed by atoms with Crippen molar-refractivity contribution in [1.82, 2.24) is 5.32 Å². The highest BCUT2D eigenvalue weighted by molar-refractivity contribution is 7.14. The Morgan fingerprint density at radius 1 is 1.30 bits per heavy atom. The van der Waals surface area contributed by atoms with E-state index in [4.69, 9.17) is 0 Å². The number of carbonyl (C=O) groups is 2. The van der Waals surface area contributed by atoms with Crippen molar-refractivity contribution < 1.29 is 14.7 Å². The van der Waals surface area contributed by atoms with Crippen molar-refractivity contribution in [2.24, 2.45) is 5.41 Å². The van der Waals surface area contributed by atoms with Crippen LogP contribution in [0.2, 0.25) is 0 Å². The van der Waals surface area contributed by atoms with Crippen molar-refractivity contribution >= 4 is 23.2 Å². The van der Waals surface area contributed by atoms with Gasteiger partial charge in [-0.25, -0.2) is 4.79 Å². The van der Waals surface area contributed by atoms with E-state index in [-0.39, 0.29) is 5.91 Å². The van der Waals surface area contributed by atoms with Gasteiger partial charge in [0.1, 0.15) is 6.04 Å². The van der Waals surface area contributed by atoms with Gasteiger partial charge in [0.15, 0.2) is 0 Å². The summed E-state index contributed by atoms with van der Waals surface area (Å²) in [5, 5.41) is 11.9. The van der Waals surface area contributed by atoms with Crippen molar-refractivity contribution in [2.45, 2.75) is 52.5 Å². The van der Waals surface area contributed by atoms with Crippen LogP contribution in [-0.4, -0.2) is 23.0 Å². The van der Waals surface area contributed by atoms with Crippen LogP contribution in [0.1, 0.15) is 53.7 Å². The zero-order valence-corrected chi connectivity index (χ0v) is 13.0. The molecule has 0 aliphatic heterocycles. The van der Waals surface area contributed by atoms with E-state index in [0.29, 0.717) is 4.88 Å². The van der Waals surface area contributed by atoms with Gasteiger partial charge in [-0.2, -0.15) is 0 Å². The average Bonchev–Trinajstić information content (AvgIpc) is 2.77. The number of carboxylic acid groups (broad SMARTS) is 1. The molecule has 0 radical (unpaired) electrons. The standard InChI is InChI=1S/C15H21NO3S/c1-15(2,3)12(14(18)19)16-13(17)11-8-9-6-4-5-7-10(9)20-11/h8,12H,4-7H2,1-3H3,(H,16,17)(H,18,19). The molecule has 0 bridgehead atoms. The first-order valence-electron chi connectivity index (χ1n) is 6.94. The first kappa shape index (κ1) is 15.0. The molecule has 0 spiro atoms. The highest BCUT2D eigenvalue weighted by atomic mass is 32.1. The van der Waals surface area contributed by atoms with Crippen LogP contribution in [0, 0.1) is 5.41 Å². The SMILES string of the molecule is CC(C)(C)C(NC(=O)c1cc2c(s1)CCCC2)C(=O)O. The molecule has 1 atom stereocenters. The summed E-state index contributed by atoms with van der Waals surface area (Å²) in [5.74, 6) is -1.26. The third-order valence-electron chi connectivity index (χ3n) is 3.61. The molecule has 2 N–H and O–H groups in total. The van der Waals surface area contributed by atoms with Gasteiger partial charge in [-0.3, -0.25) is 4.79 Å². The zero-order chi connectivity index (χ0) is 14.9. The van der Waals surface area contributed by atoms with Crippen LogP contribution in [0.25, 0.3) is 0 Å². The predicted octanol–water partition coefficient (Wildman–Crippen LogP) is 2.86. The Morgan fingerprint density at radius 2 is 1.95 bits per heavy atom. The molecule has 0 aromatic carbocycles. The lowest BCUT2D eigenvalue weighted by molar-refractivity contribution is -0.142. The summed E-state index contributed by atoms with van der Waals surface area (Å²) in [5.41, 5.74) is 0.743. The number of aryl methyl sites for hydroxylation is 2. The van der Waals surface area contributed by atoms with Crippen LogP contribution < -0.4 is 5.32 Å². The average molecular weight is 295 g/mol. The maximum absolute atomic E-state index is 12.3. The Kier molecular flexibility index (Phi) is 4.18. The third kappa shape index (κ3) is 3.20. The maximum atomic E-state index is 12.3. The summed E-state index contributed by atoms with van der Waals surface area (Å²) in [6, 6.07) is 1.05. The highest BCUT2D eigenvalue weighted by Gasteiger charge is 2.33. The van der Waals surface area contributed by atoms with Crippen molar-refractivity contribution in [2.75, 3.05) is 0 Å². The summed E-state index contributed by atoms with van der Waals surface area (Å²) >= 11 is 1.50. The van der Waals surface area contributed by atoms with Gasteiger partial charge in [0.25, 0.3) is 5.91 Å². The number of carboxylic acids is 1. The van der Waals surface area contributed by atoms with Crippen LogP contribution in [0.5, 0.6) is 0 Å². The molecular weight excluding hydrogens is 274 g/mol. The molecular formula is C15H21NO3S. The largest absolute Gasteiger partial charge is 0.480 e. The molecule has 0 fully saturated rings. The molecule has 1 aliphatic carbocycles. The Morgan fingerprint density at radius 3 is 2.50 bits per heavy atom. The molecule has 20 heavy (non-hydrogen) atoms. The first-order chi connectivity index (χ1) is 9.29. The predicted molar refractivity (Wildman–Crippen MR) is 79.3 cm³/mol. The molecule has 1 aliphatic rings. The fourth-order valence-corrected chi connectivity index (χ4v) is 3.61. The van der Waals surface area contributed by atoms with Gasteiger partial charge in [-0.1, -0.05) is 20.8 Å². The minimum atomic E-state index is -0.993. The number of nitrogens with one attached hydrogen (secondary N) is 1. The smallest absolute Gasteiger partial charge is 0.326 e. The van der Waals surface area contributed by atoms with Crippen molar-refractivity contribution in [3.8, 4) is 0 Å². The molecule has 1 aromatic rings. The second kappa shape index (κ2) is 5.56. The molecule has 5 heteroatoms. The van der Waals surface area contributed by atoms with E-state index < -0.39 is 17.4 Å². The van der Waals surface area contributed by atoms with Crippen LogP contribution in [-0.2, 0) is 17.6 Å². The van der Waals surface area contributed by atoms with E-state index in [1.807, 2.05) is 26.8 Å². The summed E-state index contributed by atoms with van der Waals surface area (Å²) in [4.78, 5) is 25.5. The van der Waals surface area contributed by atoms with E-state index in [2.05, 4.69) is 5.32 Å². The van der Waals surface area contributed by atoms with Crippen molar-refractivity contribution in [3.63, 3.8) is 0 Å². The maximum Gasteiger partial charge on any atom is 0.326 e. The van der Waals surface area contributed by atoms with E-state index in [1.54, 1.807) is 0 Å². The lowest BCUT2D eigenvalue weighted by Crippen LogP contribution is -2.48. The lowest BCUT2D eigenvalue weighted by Gasteiger charge is -2.27. The van der Waals surface area contributed by atoms with E-state index in [1.165, 1.54) is 34.6 Å². The van der Waals surface area contributed by atoms with Gasteiger partial charge in [0, 0.05) is 4.88 Å². The van der Waals surface area contributed by atoms with Crippen LogP contribution in [0.4, 0.5) is 0 Å². The Balaban J connectivity index is 2.15. The number of thiophene rings is 1. The van der Waals surface area contributed by atoms with E-state index in [0.717, 1.165) is 12.8 Å². The highest BCUT2D eigenvalue weighted by Crippen LogP contribution is 2.30. The molecule has 1 unspecified atom stereocenters. The Bertz CT molecular complexity index is 504. The molecule has 1 aromatic heterocycles. The fraction of sp³-hybridized carbons (Fsp3) is 0.600. The van der Waals surface area contributed by atoms with Gasteiger partial charge in [-0.05, 0) is 42.7 Å². The normalized spacial score (nSPS) is 16.4. The van der Waals surface area contributed by atoms with E-state index >= 15 is 0 Å². The second-order valence-corrected chi connectivity index (χ2v) is 7.51. The first-order valence-corrected chi connectivity index (χ1v) is 7.76. The lowest BCUT2D eigenvalue weighted by atomic mass is 9.87. The molecule has 1 amide bonds. The Hall–Kier alpha value is -1.36. The fourth-order valence-electron chi connectivity index (χ4n) is 2.45.